The zero-order valence-electron chi connectivity index (χ0n) is 15.5. The number of nitrogens with zero attached hydrogens (tertiary/aromatic N) is 1. The first-order valence-corrected chi connectivity index (χ1v) is 8.66. The first-order valence-electron chi connectivity index (χ1n) is 8.66. The molecule has 0 atom stereocenters. The number of hydrogen-bond acceptors (Lipinski definition) is 4. The number of nitrogens with one attached hydrogen (secondary N) is 3. The van der Waals surface area contributed by atoms with Crippen molar-refractivity contribution in [3.05, 3.63) is 54.0 Å². The lowest BCUT2D eigenvalue weighted by atomic mass is 10.2. The highest BCUT2D eigenvalue weighted by molar-refractivity contribution is 5.94. The van der Waals surface area contributed by atoms with Crippen LogP contribution in [-0.2, 0) is 22.7 Å². The molecular formula is C19H24N4O4. The van der Waals surface area contributed by atoms with Crippen LogP contribution in [0.15, 0.2) is 47.1 Å². The largest absolute Gasteiger partial charge is 0.467 e. The average Bonchev–Trinajstić information content (AvgIpc) is 3.16. The second-order valence-electron chi connectivity index (χ2n) is 5.90. The zero-order valence-corrected chi connectivity index (χ0v) is 15.5. The van der Waals surface area contributed by atoms with Crippen LogP contribution in [0.5, 0.6) is 0 Å². The van der Waals surface area contributed by atoms with Crippen molar-refractivity contribution in [2.75, 3.05) is 18.4 Å². The maximum absolute atomic E-state index is 12.0. The van der Waals surface area contributed by atoms with Crippen molar-refractivity contribution in [1.82, 2.24) is 15.5 Å². The number of rotatable bonds is 8. The number of carbonyl (C=O) groups is 3. The Labute approximate surface area is 157 Å². The van der Waals surface area contributed by atoms with Gasteiger partial charge in [0, 0.05) is 25.7 Å². The maximum atomic E-state index is 12.0. The molecule has 0 fully saturated rings. The molecule has 0 bridgehead atoms. The van der Waals surface area contributed by atoms with Crippen LogP contribution in [0.3, 0.4) is 0 Å². The first-order chi connectivity index (χ1) is 13.0. The summed E-state index contributed by atoms with van der Waals surface area (Å²) in [5.74, 6) is 0.272. The molecule has 2 rings (SSSR count). The number of carbonyl (C=O) groups excluding carboxylic acids is 3. The molecule has 8 heteroatoms. The average molecular weight is 372 g/mol. The summed E-state index contributed by atoms with van der Waals surface area (Å²) in [6.07, 6.45) is 1.52. The standard InChI is InChI=1S/C19H24N4O4/c1-3-23(14(2)24)13-15-6-4-7-16(10-15)22-18(25)12-21-19(26)20-11-17-8-5-9-27-17/h4-10H,3,11-13H2,1-2H3,(H,22,25)(H2,20,21,26). The van der Waals surface area contributed by atoms with E-state index >= 15 is 0 Å². The smallest absolute Gasteiger partial charge is 0.315 e. The van der Waals surface area contributed by atoms with Gasteiger partial charge in [-0.05, 0) is 36.8 Å². The molecule has 0 aliphatic heterocycles. The van der Waals surface area contributed by atoms with Crippen LogP contribution in [0.4, 0.5) is 10.5 Å². The molecule has 0 spiro atoms. The number of benzene rings is 1. The molecule has 1 heterocycles. The molecule has 144 valence electrons. The summed E-state index contributed by atoms with van der Waals surface area (Å²) >= 11 is 0. The van der Waals surface area contributed by atoms with Gasteiger partial charge in [0.1, 0.15) is 5.76 Å². The Morgan fingerprint density at radius 1 is 1.11 bits per heavy atom. The van der Waals surface area contributed by atoms with Crippen LogP contribution in [-0.4, -0.2) is 35.8 Å². The Bertz CT molecular complexity index is 774. The van der Waals surface area contributed by atoms with Gasteiger partial charge in [0.15, 0.2) is 0 Å². The third kappa shape index (κ3) is 6.85. The molecule has 3 N–H and O–H groups in total. The molecule has 0 saturated carbocycles. The van der Waals surface area contributed by atoms with Gasteiger partial charge in [-0.25, -0.2) is 4.79 Å². The fourth-order valence-electron chi connectivity index (χ4n) is 2.42. The molecule has 0 saturated heterocycles. The van der Waals surface area contributed by atoms with Crippen molar-refractivity contribution in [2.45, 2.75) is 26.9 Å². The van der Waals surface area contributed by atoms with Crippen molar-refractivity contribution in [3.8, 4) is 0 Å². The Morgan fingerprint density at radius 3 is 2.59 bits per heavy atom. The summed E-state index contributed by atoms with van der Waals surface area (Å²) in [7, 11) is 0. The van der Waals surface area contributed by atoms with Gasteiger partial charge in [0.05, 0.1) is 19.4 Å². The van der Waals surface area contributed by atoms with Gasteiger partial charge >= 0.3 is 6.03 Å². The highest BCUT2D eigenvalue weighted by atomic mass is 16.3. The van der Waals surface area contributed by atoms with Gasteiger partial charge in [-0.1, -0.05) is 12.1 Å². The number of hydrogen-bond donors (Lipinski definition) is 3. The summed E-state index contributed by atoms with van der Waals surface area (Å²) < 4.78 is 5.10. The maximum Gasteiger partial charge on any atom is 0.315 e. The molecule has 27 heavy (non-hydrogen) atoms. The highest BCUT2D eigenvalue weighted by Gasteiger charge is 2.09. The van der Waals surface area contributed by atoms with Gasteiger partial charge < -0.3 is 25.3 Å². The first kappa shape index (κ1) is 20.0. The van der Waals surface area contributed by atoms with E-state index in [9.17, 15) is 14.4 Å². The van der Waals surface area contributed by atoms with Crippen molar-refractivity contribution in [1.29, 1.82) is 0 Å². The van der Waals surface area contributed by atoms with E-state index in [1.165, 1.54) is 13.2 Å². The Balaban J connectivity index is 1.78. The van der Waals surface area contributed by atoms with Crippen LogP contribution in [0.2, 0.25) is 0 Å². The summed E-state index contributed by atoms with van der Waals surface area (Å²) in [6.45, 7) is 4.61. The van der Waals surface area contributed by atoms with E-state index in [1.807, 2.05) is 19.1 Å². The summed E-state index contributed by atoms with van der Waals surface area (Å²) in [5.41, 5.74) is 1.52. The summed E-state index contributed by atoms with van der Waals surface area (Å²) in [5, 5.41) is 7.79. The fourth-order valence-corrected chi connectivity index (χ4v) is 2.42. The summed E-state index contributed by atoms with van der Waals surface area (Å²) in [4.78, 5) is 36.9. The zero-order chi connectivity index (χ0) is 19.6. The minimum atomic E-state index is -0.463. The second-order valence-corrected chi connectivity index (χ2v) is 5.90. The molecule has 2 aromatic rings. The lowest BCUT2D eigenvalue weighted by molar-refractivity contribution is -0.129. The molecule has 4 amide bonds. The van der Waals surface area contributed by atoms with Crippen molar-refractivity contribution < 1.29 is 18.8 Å². The van der Waals surface area contributed by atoms with Gasteiger partial charge in [-0.3, -0.25) is 9.59 Å². The summed E-state index contributed by atoms with van der Waals surface area (Å²) in [6, 6.07) is 10.3. The minimum absolute atomic E-state index is 0.00306. The Kier molecular flexibility index (Phi) is 7.42. The molecule has 0 aliphatic rings. The van der Waals surface area contributed by atoms with E-state index in [1.54, 1.807) is 29.2 Å². The molecule has 0 aliphatic carbocycles. The highest BCUT2D eigenvalue weighted by Crippen LogP contribution is 2.13. The van der Waals surface area contributed by atoms with Gasteiger partial charge in [0.25, 0.3) is 0 Å². The number of anilines is 1. The molecule has 1 aromatic heterocycles. The van der Waals surface area contributed by atoms with Crippen LogP contribution in [0.1, 0.15) is 25.2 Å². The molecular weight excluding hydrogens is 348 g/mol. The van der Waals surface area contributed by atoms with Crippen molar-refractivity contribution >= 4 is 23.5 Å². The third-order valence-corrected chi connectivity index (χ3v) is 3.82. The van der Waals surface area contributed by atoms with Gasteiger partial charge in [-0.2, -0.15) is 0 Å². The minimum Gasteiger partial charge on any atom is -0.467 e. The van der Waals surface area contributed by atoms with Crippen molar-refractivity contribution in [3.63, 3.8) is 0 Å². The molecule has 0 radical (unpaired) electrons. The van der Waals surface area contributed by atoms with Crippen molar-refractivity contribution in [2.24, 2.45) is 0 Å². The SMILES string of the molecule is CCN(Cc1cccc(NC(=O)CNC(=O)NCc2ccco2)c1)C(C)=O. The van der Waals surface area contributed by atoms with Crippen LogP contribution in [0, 0.1) is 0 Å². The van der Waals surface area contributed by atoms with Crippen LogP contribution < -0.4 is 16.0 Å². The van der Waals surface area contributed by atoms with Crippen LogP contribution in [0.25, 0.3) is 0 Å². The predicted octanol–water partition coefficient (Wildman–Crippen LogP) is 2.09. The van der Waals surface area contributed by atoms with Gasteiger partial charge in [0.2, 0.25) is 11.8 Å². The van der Waals surface area contributed by atoms with Gasteiger partial charge in [-0.15, -0.1) is 0 Å². The fraction of sp³-hybridized carbons (Fsp3) is 0.316. The lowest BCUT2D eigenvalue weighted by Gasteiger charge is -2.19. The quantitative estimate of drug-likeness (QED) is 0.660. The molecule has 0 unspecified atom stereocenters. The van der Waals surface area contributed by atoms with E-state index in [0.717, 1.165) is 5.56 Å². The Hall–Kier alpha value is -3.29. The number of urea groups is 1. The molecule has 1 aromatic carbocycles. The van der Waals surface area contributed by atoms with E-state index in [-0.39, 0.29) is 24.9 Å². The van der Waals surface area contributed by atoms with E-state index < -0.39 is 6.03 Å². The molecule has 8 nitrogen and oxygen atoms in total. The second kappa shape index (κ2) is 10.0. The van der Waals surface area contributed by atoms with Crippen LogP contribution >= 0.6 is 0 Å². The van der Waals surface area contributed by atoms with E-state index in [2.05, 4.69) is 16.0 Å². The van der Waals surface area contributed by atoms with E-state index in [4.69, 9.17) is 4.42 Å². The van der Waals surface area contributed by atoms with E-state index in [0.29, 0.717) is 24.5 Å². The third-order valence-electron chi connectivity index (χ3n) is 3.82. The number of amides is 4. The monoisotopic (exact) mass is 372 g/mol. The Morgan fingerprint density at radius 2 is 1.93 bits per heavy atom. The topological polar surface area (TPSA) is 104 Å². The predicted molar refractivity (Wildman–Crippen MR) is 101 cm³/mol. The number of furan rings is 1. The normalized spacial score (nSPS) is 10.1. The lowest BCUT2D eigenvalue weighted by Crippen LogP contribution is -2.39.